The van der Waals surface area contributed by atoms with Crippen LogP contribution >= 0.6 is 0 Å². The lowest BCUT2D eigenvalue weighted by Crippen LogP contribution is -2.52. The van der Waals surface area contributed by atoms with Crippen LogP contribution in [0.2, 0.25) is 0 Å². The van der Waals surface area contributed by atoms with Crippen LogP contribution in [0.25, 0.3) is 0 Å². The van der Waals surface area contributed by atoms with Crippen molar-refractivity contribution in [2.45, 2.75) is 43.9 Å². The molecule has 0 aromatic heterocycles. The van der Waals surface area contributed by atoms with Gasteiger partial charge >= 0.3 is 0 Å². The zero-order valence-corrected chi connectivity index (χ0v) is 12.0. The largest absolute Gasteiger partial charge is 0.382 e. The van der Waals surface area contributed by atoms with E-state index in [4.69, 9.17) is 30.1 Å². The first-order valence-corrected chi connectivity index (χ1v) is 6.51. The van der Waals surface area contributed by atoms with Gasteiger partial charge in [-0.05, 0) is 6.42 Å². The van der Waals surface area contributed by atoms with E-state index < -0.39 is 0 Å². The minimum Gasteiger partial charge on any atom is -0.382 e. The molecule has 1 saturated heterocycles. The number of terminal acetylenes is 1. The third-order valence-electron chi connectivity index (χ3n) is 3.16. The van der Waals surface area contributed by atoms with Gasteiger partial charge in [-0.25, -0.2) is 0 Å². The average Bonchev–Trinajstić information content (AvgIpc) is 2.43. The van der Waals surface area contributed by atoms with Crippen molar-refractivity contribution < 1.29 is 23.7 Å². The first kappa shape index (κ1) is 16.4. The van der Waals surface area contributed by atoms with Gasteiger partial charge in [0, 0.05) is 34.2 Å². The second kappa shape index (κ2) is 9.29. The second-order valence-corrected chi connectivity index (χ2v) is 4.45. The molecule has 0 aromatic rings. The number of rotatable bonds is 8. The fraction of sp³-hybridized carbons (Fsp3) is 0.857. The van der Waals surface area contributed by atoms with Crippen LogP contribution in [-0.2, 0) is 23.7 Å². The number of ether oxygens (including phenoxy) is 5. The molecule has 5 heteroatoms. The zero-order valence-electron chi connectivity index (χ0n) is 12.0. The highest BCUT2D eigenvalue weighted by Gasteiger charge is 2.39. The molecule has 110 valence electrons. The molecule has 1 aliphatic rings. The molecule has 0 N–H and O–H groups in total. The number of methoxy groups -OCH3 is 3. The molecule has 0 spiro atoms. The van der Waals surface area contributed by atoms with Crippen molar-refractivity contribution in [1.82, 2.24) is 0 Å². The summed E-state index contributed by atoms with van der Waals surface area (Å²) in [6.07, 6.45) is 6.70. The molecular formula is C14H24O5. The third kappa shape index (κ3) is 5.09. The highest BCUT2D eigenvalue weighted by molar-refractivity contribution is 4.85. The molecule has 0 bridgehead atoms. The second-order valence-electron chi connectivity index (χ2n) is 4.45. The van der Waals surface area contributed by atoms with Crippen molar-refractivity contribution in [1.29, 1.82) is 0 Å². The fourth-order valence-corrected chi connectivity index (χ4v) is 2.22. The van der Waals surface area contributed by atoms with Gasteiger partial charge in [-0.15, -0.1) is 12.3 Å². The van der Waals surface area contributed by atoms with Gasteiger partial charge in [0.15, 0.2) is 6.29 Å². The van der Waals surface area contributed by atoms with Crippen molar-refractivity contribution in [3.05, 3.63) is 0 Å². The van der Waals surface area contributed by atoms with Gasteiger partial charge in [-0.2, -0.15) is 0 Å². The smallest absolute Gasteiger partial charge is 0.160 e. The first-order valence-electron chi connectivity index (χ1n) is 6.51. The van der Waals surface area contributed by atoms with Crippen molar-refractivity contribution in [3.63, 3.8) is 0 Å². The Morgan fingerprint density at radius 2 is 2.05 bits per heavy atom. The number of hydrogen-bond acceptors (Lipinski definition) is 5. The lowest BCUT2D eigenvalue weighted by molar-refractivity contribution is -0.266. The van der Waals surface area contributed by atoms with E-state index in [1.165, 1.54) is 0 Å². The molecule has 1 rings (SSSR count). The fourth-order valence-electron chi connectivity index (χ4n) is 2.22. The Labute approximate surface area is 115 Å². The highest BCUT2D eigenvalue weighted by atomic mass is 16.7. The van der Waals surface area contributed by atoms with Crippen LogP contribution in [0.5, 0.6) is 0 Å². The molecule has 5 nitrogen and oxygen atoms in total. The normalized spacial score (nSPS) is 31.1. The van der Waals surface area contributed by atoms with Gasteiger partial charge in [-0.1, -0.05) is 0 Å². The van der Waals surface area contributed by atoms with Gasteiger partial charge < -0.3 is 23.7 Å². The lowest BCUT2D eigenvalue weighted by Gasteiger charge is -2.39. The van der Waals surface area contributed by atoms with Crippen LogP contribution in [0.1, 0.15) is 19.3 Å². The average molecular weight is 272 g/mol. The molecule has 19 heavy (non-hydrogen) atoms. The molecular weight excluding hydrogens is 248 g/mol. The molecule has 1 fully saturated rings. The quantitative estimate of drug-likeness (QED) is 0.491. The Hall–Kier alpha value is -0.640. The Kier molecular flexibility index (Phi) is 8.03. The summed E-state index contributed by atoms with van der Waals surface area (Å²) in [4.78, 5) is 0. The highest BCUT2D eigenvalue weighted by Crippen LogP contribution is 2.25. The minimum absolute atomic E-state index is 0.0588. The molecule has 0 aromatic carbocycles. The van der Waals surface area contributed by atoms with Crippen LogP contribution in [0.3, 0.4) is 0 Å². The molecule has 0 saturated carbocycles. The summed E-state index contributed by atoms with van der Waals surface area (Å²) >= 11 is 0. The van der Waals surface area contributed by atoms with E-state index in [1.807, 2.05) is 0 Å². The van der Waals surface area contributed by atoms with Crippen molar-refractivity contribution in [3.8, 4) is 12.3 Å². The van der Waals surface area contributed by atoms with E-state index in [0.717, 1.165) is 6.42 Å². The van der Waals surface area contributed by atoms with Gasteiger partial charge in [-0.3, -0.25) is 0 Å². The summed E-state index contributed by atoms with van der Waals surface area (Å²) in [5, 5.41) is 0. The van der Waals surface area contributed by atoms with E-state index in [1.54, 1.807) is 21.3 Å². The Balaban J connectivity index is 2.49. The van der Waals surface area contributed by atoms with Crippen molar-refractivity contribution in [2.75, 3.05) is 34.5 Å². The van der Waals surface area contributed by atoms with Gasteiger partial charge in [0.05, 0.1) is 19.3 Å². The van der Waals surface area contributed by atoms with Gasteiger partial charge in [0.25, 0.3) is 0 Å². The molecule has 0 radical (unpaired) electrons. The SMILES string of the molecule is C#CCCCO[C@H]1C[C@@H](OC)[C@@H](OC)[C@@H](COC)O1. The lowest BCUT2D eigenvalue weighted by atomic mass is 10.0. The summed E-state index contributed by atoms with van der Waals surface area (Å²) in [5.41, 5.74) is 0. The Bertz CT molecular complexity index is 276. The van der Waals surface area contributed by atoms with Crippen LogP contribution in [0.15, 0.2) is 0 Å². The van der Waals surface area contributed by atoms with Crippen molar-refractivity contribution >= 4 is 0 Å². The van der Waals surface area contributed by atoms with Crippen LogP contribution in [0.4, 0.5) is 0 Å². The molecule has 4 atom stereocenters. The maximum absolute atomic E-state index is 5.84. The molecule has 1 heterocycles. The summed E-state index contributed by atoms with van der Waals surface area (Å²) < 4.78 is 27.6. The van der Waals surface area contributed by atoms with E-state index in [9.17, 15) is 0 Å². The van der Waals surface area contributed by atoms with E-state index in [-0.39, 0.29) is 24.6 Å². The summed E-state index contributed by atoms with van der Waals surface area (Å²) in [5.74, 6) is 2.59. The Morgan fingerprint density at radius 1 is 1.26 bits per heavy atom. The topological polar surface area (TPSA) is 46.2 Å². The molecule has 0 unspecified atom stereocenters. The number of unbranched alkanes of at least 4 members (excludes halogenated alkanes) is 1. The standard InChI is InChI=1S/C14H24O5/c1-5-6-7-8-18-13-9-11(16-3)14(17-4)12(19-13)10-15-2/h1,11-14H,6-10H2,2-4H3/t11-,12-,13-,14-/m1/s1. The molecule has 0 amide bonds. The van der Waals surface area contributed by atoms with Crippen LogP contribution in [0, 0.1) is 12.3 Å². The maximum Gasteiger partial charge on any atom is 0.160 e. The monoisotopic (exact) mass is 272 g/mol. The van der Waals surface area contributed by atoms with Crippen molar-refractivity contribution in [2.24, 2.45) is 0 Å². The zero-order chi connectivity index (χ0) is 14.1. The van der Waals surface area contributed by atoms with Gasteiger partial charge in [0.1, 0.15) is 12.2 Å². The maximum atomic E-state index is 5.84. The van der Waals surface area contributed by atoms with E-state index in [2.05, 4.69) is 5.92 Å². The van der Waals surface area contributed by atoms with Crippen LogP contribution < -0.4 is 0 Å². The third-order valence-corrected chi connectivity index (χ3v) is 3.16. The van der Waals surface area contributed by atoms with E-state index in [0.29, 0.717) is 26.1 Å². The Morgan fingerprint density at radius 3 is 2.63 bits per heavy atom. The minimum atomic E-state index is -0.297. The van der Waals surface area contributed by atoms with Gasteiger partial charge in [0.2, 0.25) is 0 Å². The van der Waals surface area contributed by atoms with Crippen LogP contribution in [-0.4, -0.2) is 59.1 Å². The molecule has 1 aliphatic heterocycles. The summed E-state index contributed by atoms with van der Waals surface area (Å²) in [7, 11) is 4.95. The number of hydrogen-bond donors (Lipinski definition) is 0. The molecule has 0 aliphatic carbocycles. The summed E-state index contributed by atoms with van der Waals surface area (Å²) in [6, 6.07) is 0. The predicted molar refractivity (Wildman–Crippen MR) is 70.8 cm³/mol. The van der Waals surface area contributed by atoms with E-state index >= 15 is 0 Å². The predicted octanol–water partition coefficient (Wildman–Crippen LogP) is 1.21. The first-order chi connectivity index (χ1) is 9.26. The summed E-state index contributed by atoms with van der Waals surface area (Å²) in [6.45, 7) is 1.03.